The van der Waals surface area contributed by atoms with Gasteiger partial charge in [-0.25, -0.2) is 0 Å². The highest BCUT2D eigenvalue weighted by molar-refractivity contribution is 5.93. The Bertz CT molecular complexity index is 374. The minimum absolute atomic E-state index is 0.232. The Balaban J connectivity index is 2.02. The first-order valence-corrected chi connectivity index (χ1v) is 5.59. The van der Waals surface area contributed by atoms with E-state index in [0.29, 0.717) is 11.6 Å². The maximum Gasteiger partial charge on any atom is 0.248 e. The summed E-state index contributed by atoms with van der Waals surface area (Å²) < 4.78 is 0. The Morgan fingerprint density at radius 1 is 1.25 bits per heavy atom. The van der Waals surface area contributed by atoms with E-state index in [2.05, 4.69) is 5.32 Å². The lowest BCUT2D eigenvalue weighted by Crippen LogP contribution is -2.35. The van der Waals surface area contributed by atoms with Crippen molar-refractivity contribution in [2.75, 3.05) is 5.32 Å². The number of hydrogen-bond acceptors (Lipinski definition) is 3. The summed E-state index contributed by atoms with van der Waals surface area (Å²) in [4.78, 5) is 10.9. The molecule has 0 aromatic heterocycles. The summed E-state index contributed by atoms with van der Waals surface area (Å²) in [5, 5.41) is 3.38. The molecule has 0 heterocycles. The first kappa shape index (κ1) is 11.0. The van der Waals surface area contributed by atoms with E-state index in [1.807, 2.05) is 12.1 Å². The third-order valence-electron chi connectivity index (χ3n) is 3.09. The molecule has 86 valence electrons. The number of amides is 1. The van der Waals surface area contributed by atoms with Gasteiger partial charge in [-0.3, -0.25) is 4.79 Å². The van der Waals surface area contributed by atoms with Gasteiger partial charge in [-0.1, -0.05) is 0 Å². The standard InChI is InChI=1S/C12H17N3O/c13-10-2-1-3-11(10)15-9-6-4-8(5-7-9)12(14)16/h4-7,10-11,15H,1-3,13H2,(H2,14,16). The van der Waals surface area contributed by atoms with Crippen LogP contribution < -0.4 is 16.8 Å². The molecular formula is C12H17N3O. The predicted octanol–water partition coefficient (Wildman–Crippen LogP) is 1.08. The van der Waals surface area contributed by atoms with Crippen LogP contribution in [0.5, 0.6) is 0 Å². The Kier molecular flexibility index (Phi) is 3.10. The minimum Gasteiger partial charge on any atom is -0.381 e. The van der Waals surface area contributed by atoms with Crippen LogP contribution in [0.4, 0.5) is 5.69 Å². The number of benzene rings is 1. The molecule has 1 amide bonds. The van der Waals surface area contributed by atoms with Gasteiger partial charge in [0.15, 0.2) is 0 Å². The van der Waals surface area contributed by atoms with E-state index < -0.39 is 5.91 Å². The molecule has 0 radical (unpaired) electrons. The number of nitrogens with one attached hydrogen (secondary N) is 1. The van der Waals surface area contributed by atoms with Crippen LogP contribution in [0.2, 0.25) is 0 Å². The highest BCUT2D eigenvalue weighted by Gasteiger charge is 2.23. The van der Waals surface area contributed by atoms with Gasteiger partial charge < -0.3 is 16.8 Å². The molecule has 1 aromatic rings. The number of hydrogen-bond donors (Lipinski definition) is 3. The van der Waals surface area contributed by atoms with Gasteiger partial charge in [-0.05, 0) is 43.5 Å². The molecule has 4 nitrogen and oxygen atoms in total. The van der Waals surface area contributed by atoms with Crippen LogP contribution in [-0.4, -0.2) is 18.0 Å². The quantitative estimate of drug-likeness (QED) is 0.711. The number of nitrogens with two attached hydrogens (primary N) is 2. The molecule has 0 aliphatic heterocycles. The summed E-state index contributed by atoms with van der Waals surface area (Å²) in [5.74, 6) is -0.399. The third kappa shape index (κ3) is 2.33. The molecule has 16 heavy (non-hydrogen) atoms. The molecule has 2 atom stereocenters. The summed E-state index contributed by atoms with van der Waals surface area (Å²) in [6.45, 7) is 0. The van der Waals surface area contributed by atoms with Crippen molar-refractivity contribution in [3.05, 3.63) is 29.8 Å². The second kappa shape index (κ2) is 4.53. The number of carbonyl (C=O) groups excluding carboxylic acids is 1. The van der Waals surface area contributed by atoms with Crippen LogP contribution in [0.25, 0.3) is 0 Å². The second-order valence-electron chi connectivity index (χ2n) is 4.29. The lowest BCUT2D eigenvalue weighted by atomic mass is 10.1. The summed E-state index contributed by atoms with van der Waals surface area (Å²) in [5.41, 5.74) is 12.7. The fourth-order valence-electron chi connectivity index (χ4n) is 2.11. The van der Waals surface area contributed by atoms with E-state index >= 15 is 0 Å². The molecular weight excluding hydrogens is 202 g/mol. The average molecular weight is 219 g/mol. The zero-order valence-corrected chi connectivity index (χ0v) is 9.15. The Labute approximate surface area is 95.0 Å². The first-order chi connectivity index (χ1) is 7.66. The van der Waals surface area contributed by atoms with Crippen molar-refractivity contribution in [1.82, 2.24) is 0 Å². The van der Waals surface area contributed by atoms with Gasteiger partial charge in [0, 0.05) is 23.3 Å². The zero-order chi connectivity index (χ0) is 11.5. The fraction of sp³-hybridized carbons (Fsp3) is 0.417. The van der Waals surface area contributed by atoms with Gasteiger partial charge in [-0.15, -0.1) is 0 Å². The predicted molar refractivity (Wildman–Crippen MR) is 64.2 cm³/mol. The van der Waals surface area contributed by atoms with Crippen molar-refractivity contribution >= 4 is 11.6 Å². The van der Waals surface area contributed by atoms with Gasteiger partial charge in [-0.2, -0.15) is 0 Å². The van der Waals surface area contributed by atoms with Gasteiger partial charge >= 0.3 is 0 Å². The van der Waals surface area contributed by atoms with E-state index in [0.717, 1.165) is 18.5 Å². The van der Waals surface area contributed by atoms with Crippen molar-refractivity contribution in [2.24, 2.45) is 11.5 Å². The number of anilines is 1. The van der Waals surface area contributed by atoms with Gasteiger partial charge in [0.2, 0.25) is 5.91 Å². The van der Waals surface area contributed by atoms with Crippen LogP contribution in [0.15, 0.2) is 24.3 Å². The van der Waals surface area contributed by atoms with Crippen molar-refractivity contribution < 1.29 is 4.79 Å². The molecule has 1 fully saturated rings. The third-order valence-corrected chi connectivity index (χ3v) is 3.09. The SMILES string of the molecule is NC(=O)c1ccc(NC2CCCC2N)cc1. The lowest BCUT2D eigenvalue weighted by Gasteiger charge is -2.18. The molecule has 1 aliphatic carbocycles. The molecule has 0 bridgehead atoms. The molecule has 1 saturated carbocycles. The molecule has 0 saturated heterocycles. The Hall–Kier alpha value is -1.55. The highest BCUT2D eigenvalue weighted by Crippen LogP contribution is 2.21. The van der Waals surface area contributed by atoms with E-state index in [4.69, 9.17) is 11.5 Å². The lowest BCUT2D eigenvalue weighted by molar-refractivity contribution is 0.100. The Morgan fingerprint density at radius 3 is 2.44 bits per heavy atom. The van der Waals surface area contributed by atoms with Gasteiger partial charge in [0.1, 0.15) is 0 Å². The van der Waals surface area contributed by atoms with Crippen LogP contribution in [0.1, 0.15) is 29.6 Å². The van der Waals surface area contributed by atoms with Crippen molar-refractivity contribution in [3.63, 3.8) is 0 Å². The summed E-state index contributed by atoms with van der Waals surface area (Å²) >= 11 is 0. The highest BCUT2D eigenvalue weighted by atomic mass is 16.1. The molecule has 2 rings (SSSR count). The summed E-state index contributed by atoms with van der Waals surface area (Å²) in [7, 11) is 0. The normalized spacial score (nSPS) is 24.3. The van der Waals surface area contributed by atoms with Gasteiger partial charge in [0.25, 0.3) is 0 Å². The largest absolute Gasteiger partial charge is 0.381 e. The molecule has 4 heteroatoms. The maximum atomic E-state index is 10.9. The van der Waals surface area contributed by atoms with Crippen LogP contribution in [-0.2, 0) is 0 Å². The molecule has 1 aromatic carbocycles. The first-order valence-electron chi connectivity index (χ1n) is 5.59. The van der Waals surface area contributed by atoms with Crippen molar-refractivity contribution in [1.29, 1.82) is 0 Å². The van der Waals surface area contributed by atoms with E-state index in [1.54, 1.807) is 12.1 Å². The zero-order valence-electron chi connectivity index (χ0n) is 9.15. The summed E-state index contributed by atoms with van der Waals surface area (Å²) in [6, 6.07) is 7.77. The number of primary amides is 1. The number of carbonyl (C=O) groups is 1. The van der Waals surface area contributed by atoms with Crippen LogP contribution in [0.3, 0.4) is 0 Å². The van der Waals surface area contributed by atoms with Crippen LogP contribution >= 0.6 is 0 Å². The maximum absolute atomic E-state index is 10.9. The molecule has 5 N–H and O–H groups in total. The van der Waals surface area contributed by atoms with Crippen LogP contribution in [0, 0.1) is 0 Å². The van der Waals surface area contributed by atoms with Crippen molar-refractivity contribution in [2.45, 2.75) is 31.3 Å². The smallest absolute Gasteiger partial charge is 0.248 e. The molecule has 2 unspecified atom stereocenters. The molecule has 1 aliphatic rings. The molecule has 0 spiro atoms. The number of rotatable bonds is 3. The monoisotopic (exact) mass is 219 g/mol. The average Bonchev–Trinajstić information content (AvgIpc) is 2.65. The Morgan fingerprint density at radius 2 is 1.94 bits per heavy atom. The summed E-state index contributed by atoms with van der Waals surface area (Å²) in [6.07, 6.45) is 3.37. The topological polar surface area (TPSA) is 81.1 Å². The second-order valence-corrected chi connectivity index (χ2v) is 4.29. The van der Waals surface area contributed by atoms with Gasteiger partial charge in [0.05, 0.1) is 0 Å². The fourth-order valence-corrected chi connectivity index (χ4v) is 2.11. The van der Waals surface area contributed by atoms with E-state index in [9.17, 15) is 4.79 Å². The van der Waals surface area contributed by atoms with E-state index in [1.165, 1.54) is 6.42 Å². The van der Waals surface area contributed by atoms with Crippen molar-refractivity contribution in [3.8, 4) is 0 Å². The van der Waals surface area contributed by atoms with E-state index in [-0.39, 0.29) is 6.04 Å². The minimum atomic E-state index is -0.399.